The van der Waals surface area contributed by atoms with Gasteiger partial charge in [0.25, 0.3) is 0 Å². The van der Waals surface area contributed by atoms with E-state index in [0.29, 0.717) is 0 Å². The van der Waals surface area contributed by atoms with Gasteiger partial charge in [0.1, 0.15) is 5.65 Å². The molecule has 0 aliphatic carbocycles. The van der Waals surface area contributed by atoms with Crippen molar-refractivity contribution < 1.29 is 4.74 Å². The molecule has 1 N–H and O–H groups in total. The predicted octanol–water partition coefficient (Wildman–Crippen LogP) is 4.42. The Labute approximate surface area is 145 Å². The molecule has 5 nitrogen and oxygen atoms in total. The minimum atomic E-state index is -1.14. The van der Waals surface area contributed by atoms with Gasteiger partial charge in [-0.05, 0) is 34.1 Å². The summed E-state index contributed by atoms with van der Waals surface area (Å²) in [4.78, 5) is 7.51. The molecule has 3 rings (SSSR count). The molecule has 3 heterocycles. The number of rotatable bonds is 6. The zero-order valence-corrected chi connectivity index (χ0v) is 16.2. The number of aromatic amines is 1. The maximum Gasteiger partial charge on any atom is 0.176 e. The Balaban J connectivity index is 1.93. The second-order valence-corrected chi connectivity index (χ2v) is 13.3. The second kappa shape index (κ2) is 6.58. The van der Waals surface area contributed by atoms with E-state index in [1.54, 1.807) is 6.20 Å². The van der Waals surface area contributed by atoms with E-state index in [4.69, 9.17) is 4.74 Å². The Morgan fingerprint density at radius 2 is 2.17 bits per heavy atom. The fraction of sp³-hybridized carbons (Fsp3) is 0.375. The highest BCUT2D eigenvalue weighted by Gasteiger charge is 2.21. The molecule has 0 bridgehead atoms. The van der Waals surface area contributed by atoms with Crippen LogP contribution in [0, 0.1) is 0 Å². The lowest BCUT2D eigenvalue weighted by molar-refractivity contribution is 0.0327. The van der Waals surface area contributed by atoms with Crippen molar-refractivity contribution in [1.82, 2.24) is 19.7 Å². The Morgan fingerprint density at radius 1 is 1.35 bits per heavy atom. The highest BCUT2D eigenvalue weighted by molar-refractivity contribution is 9.10. The van der Waals surface area contributed by atoms with E-state index in [0.717, 1.165) is 33.7 Å². The highest BCUT2D eigenvalue weighted by atomic mass is 79.9. The molecule has 0 fully saturated rings. The van der Waals surface area contributed by atoms with Gasteiger partial charge in [-0.25, -0.2) is 9.67 Å². The summed E-state index contributed by atoms with van der Waals surface area (Å²) in [6, 6.07) is 5.16. The summed E-state index contributed by atoms with van der Waals surface area (Å²) in [5, 5.41) is 5.49. The van der Waals surface area contributed by atoms with Gasteiger partial charge in [-0.1, -0.05) is 19.6 Å². The molecule has 23 heavy (non-hydrogen) atoms. The molecule has 1 unspecified atom stereocenters. The number of fused-ring (bicyclic) bond motifs is 1. The maximum atomic E-state index is 6.25. The zero-order valence-electron chi connectivity index (χ0n) is 13.6. The van der Waals surface area contributed by atoms with E-state index in [2.05, 4.69) is 50.6 Å². The third-order valence-corrected chi connectivity index (χ3v) is 5.81. The summed E-state index contributed by atoms with van der Waals surface area (Å²) in [5.41, 5.74) is 1.94. The van der Waals surface area contributed by atoms with Gasteiger partial charge in [0.2, 0.25) is 0 Å². The fourth-order valence-corrected chi connectivity index (χ4v) is 3.46. The summed E-state index contributed by atoms with van der Waals surface area (Å²) in [6.07, 6.45) is 7.18. The third-order valence-electron chi connectivity index (χ3n) is 3.70. The fourth-order valence-electron chi connectivity index (χ4n) is 2.43. The highest BCUT2D eigenvalue weighted by Crippen LogP contribution is 2.27. The molecule has 0 aromatic carbocycles. The quantitative estimate of drug-likeness (QED) is 0.631. The second-order valence-electron chi connectivity index (χ2n) is 6.81. The van der Waals surface area contributed by atoms with Crippen LogP contribution in [-0.2, 0) is 4.74 Å². The van der Waals surface area contributed by atoms with Crippen molar-refractivity contribution in [2.75, 3.05) is 6.61 Å². The summed E-state index contributed by atoms with van der Waals surface area (Å²) in [5.74, 6) is 0. The van der Waals surface area contributed by atoms with Crippen LogP contribution in [0.15, 0.2) is 41.4 Å². The average molecular weight is 393 g/mol. The van der Waals surface area contributed by atoms with Crippen LogP contribution in [0.3, 0.4) is 0 Å². The first-order valence-electron chi connectivity index (χ1n) is 7.67. The molecular formula is C16H21BrN4OSi. The lowest BCUT2D eigenvalue weighted by Crippen LogP contribution is -2.24. The van der Waals surface area contributed by atoms with E-state index in [-0.39, 0.29) is 6.23 Å². The first kappa shape index (κ1) is 16.4. The molecule has 0 spiro atoms. The minimum absolute atomic E-state index is 0.251. The Bertz CT molecular complexity index is 793. The van der Waals surface area contributed by atoms with E-state index in [1.165, 1.54) is 0 Å². The molecule has 3 aromatic heterocycles. The molecule has 0 saturated heterocycles. The van der Waals surface area contributed by atoms with Gasteiger partial charge in [-0.15, -0.1) is 0 Å². The van der Waals surface area contributed by atoms with Crippen molar-refractivity contribution in [3.63, 3.8) is 0 Å². The Morgan fingerprint density at radius 3 is 2.87 bits per heavy atom. The number of hydrogen-bond donors (Lipinski definition) is 1. The predicted molar refractivity (Wildman–Crippen MR) is 98.3 cm³/mol. The van der Waals surface area contributed by atoms with Gasteiger partial charge in [0.15, 0.2) is 6.23 Å². The van der Waals surface area contributed by atoms with E-state index in [9.17, 15) is 0 Å². The maximum absolute atomic E-state index is 6.25. The van der Waals surface area contributed by atoms with Crippen molar-refractivity contribution in [2.45, 2.75) is 31.9 Å². The van der Waals surface area contributed by atoms with Gasteiger partial charge in [-0.2, -0.15) is 5.10 Å². The van der Waals surface area contributed by atoms with Crippen LogP contribution in [0.5, 0.6) is 0 Å². The minimum Gasteiger partial charge on any atom is -0.352 e. The number of nitrogens with one attached hydrogen (secondary N) is 1. The molecular weight excluding hydrogens is 372 g/mol. The van der Waals surface area contributed by atoms with Crippen molar-refractivity contribution in [1.29, 1.82) is 0 Å². The summed E-state index contributed by atoms with van der Waals surface area (Å²) >= 11 is 3.46. The molecule has 0 saturated carbocycles. The van der Waals surface area contributed by atoms with Gasteiger partial charge in [0.05, 0.1) is 10.7 Å². The van der Waals surface area contributed by atoms with Crippen molar-refractivity contribution in [3.05, 3.63) is 47.0 Å². The van der Waals surface area contributed by atoms with Crippen LogP contribution >= 0.6 is 15.9 Å². The lowest BCUT2D eigenvalue weighted by Gasteiger charge is -2.22. The number of H-pyrrole nitrogens is 1. The molecule has 0 amide bonds. The van der Waals surface area contributed by atoms with Crippen molar-refractivity contribution in [3.8, 4) is 0 Å². The smallest absolute Gasteiger partial charge is 0.176 e. The largest absolute Gasteiger partial charge is 0.352 e. The first-order valence-corrected chi connectivity index (χ1v) is 12.2. The van der Waals surface area contributed by atoms with Crippen LogP contribution < -0.4 is 0 Å². The molecule has 7 heteroatoms. The number of ether oxygens (including phenoxy) is 1. The molecule has 3 aromatic rings. The van der Waals surface area contributed by atoms with Crippen molar-refractivity contribution in [2.24, 2.45) is 0 Å². The molecule has 0 radical (unpaired) electrons. The number of halogens is 1. The monoisotopic (exact) mass is 392 g/mol. The average Bonchev–Trinajstić information content (AvgIpc) is 3.11. The van der Waals surface area contributed by atoms with Gasteiger partial charge >= 0.3 is 0 Å². The van der Waals surface area contributed by atoms with E-state index >= 15 is 0 Å². The van der Waals surface area contributed by atoms with Crippen LogP contribution in [0.2, 0.25) is 25.7 Å². The summed E-state index contributed by atoms with van der Waals surface area (Å²) < 4.78 is 9.05. The van der Waals surface area contributed by atoms with Crippen LogP contribution in [0.1, 0.15) is 11.8 Å². The van der Waals surface area contributed by atoms with Gasteiger partial charge < -0.3 is 9.72 Å². The van der Waals surface area contributed by atoms with E-state index in [1.807, 2.05) is 35.4 Å². The molecule has 0 aliphatic heterocycles. The number of pyridine rings is 1. The Kier molecular flexibility index (Phi) is 4.70. The standard InChI is InChI=1S/C16H21BrN4OSi/c1-23(2,3)9-8-22-16(21-11-12(17)10-20-21)14-5-7-19-15-13(14)4-6-18-15/h4-7,10-11,16H,8-9H2,1-3H3,(H,18,19). The van der Waals surface area contributed by atoms with Gasteiger partial charge in [0, 0.05) is 44.2 Å². The van der Waals surface area contributed by atoms with Gasteiger partial charge in [-0.3, -0.25) is 0 Å². The summed E-state index contributed by atoms with van der Waals surface area (Å²) in [6.45, 7) is 7.79. The number of hydrogen-bond acceptors (Lipinski definition) is 3. The lowest BCUT2D eigenvalue weighted by atomic mass is 10.1. The number of aromatic nitrogens is 4. The topological polar surface area (TPSA) is 55.7 Å². The van der Waals surface area contributed by atoms with Crippen LogP contribution in [0.25, 0.3) is 11.0 Å². The molecule has 1 atom stereocenters. The molecule has 0 aliphatic rings. The van der Waals surface area contributed by atoms with Crippen molar-refractivity contribution >= 4 is 35.0 Å². The first-order chi connectivity index (χ1) is 10.9. The van der Waals surface area contributed by atoms with Crippen LogP contribution in [-0.4, -0.2) is 34.4 Å². The van der Waals surface area contributed by atoms with Crippen LogP contribution in [0.4, 0.5) is 0 Å². The normalized spacial score (nSPS) is 13.6. The SMILES string of the molecule is C[Si](C)(C)CCOC(c1ccnc2[nH]ccc12)n1cc(Br)cn1. The zero-order chi connectivity index (χ0) is 16.4. The summed E-state index contributed by atoms with van der Waals surface area (Å²) in [7, 11) is -1.14. The van der Waals surface area contributed by atoms with E-state index < -0.39 is 8.07 Å². The number of nitrogens with zero attached hydrogens (tertiary/aromatic N) is 3. The molecule has 122 valence electrons. The third kappa shape index (κ3) is 3.91. The Hall–Kier alpha value is -1.44.